The zero-order valence-electron chi connectivity index (χ0n) is 18.2. The molecule has 0 bridgehead atoms. The van der Waals surface area contributed by atoms with Crippen LogP contribution < -0.4 is 16.0 Å². The molecular weight excluding hydrogens is 412 g/mol. The summed E-state index contributed by atoms with van der Waals surface area (Å²) < 4.78 is 2.17. The van der Waals surface area contributed by atoms with Crippen LogP contribution in [0.4, 0.5) is 10.9 Å². The Balaban J connectivity index is 1.45. The lowest BCUT2D eigenvalue weighted by Gasteiger charge is -2.26. The van der Waals surface area contributed by atoms with Crippen molar-refractivity contribution >= 4 is 34.1 Å². The first kappa shape index (κ1) is 20.5. The molecule has 0 spiro atoms. The van der Waals surface area contributed by atoms with Gasteiger partial charge in [0.15, 0.2) is 0 Å². The Morgan fingerprint density at radius 1 is 1.16 bits per heavy atom. The van der Waals surface area contributed by atoms with Crippen molar-refractivity contribution < 1.29 is 9.59 Å². The summed E-state index contributed by atoms with van der Waals surface area (Å²) in [5, 5.41) is 18.8. The average Bonchev–Trinajstić information content (AvgIpc) is 3.67. The molecule has 2 aromatic rings. The van der Waals surface area contributed by atoms with Crippen LogP contribution in [0.25, 0.3) is 0 Å². The second kappa shape index (κ2) is 8.26. The van der Waals surface area contributed by atoms with Crippen molar-refractivity contribution in [2.45, 2.75) is 64.8 Å². The van der Waals surface area contributed by atoms with E-state index in [0.717, 1.165) is 67.5 Å². The van der Waals surface area contributed by atoms with Gasteiger partial charge >= 0.3 is 0 Å². The Morgan fingerprint density at radius 3 is 2.68 bits per heavy atom. The lowest BCUT2D eigenvalue weighted by molar-refractivity contribution is -0.117. The molecule has 0 radical (unpaired) electrons. The van der Waals surface area contributed by atoms with E-state index < -0.39 is 0 Å². The van der Waals surface area contributed by atoms with Crippen molar-refractivity contribution in [3.8, 4) is 0 Å². The zero-order chi connectivity index (χ0) is 21.5. The van der Waals surface area contributed by atoms with Gasteiger partial charge in [0, 0.05) is 29.9 Å². The van der Waals surface area contributed by atoms with Crippen LogP contribution >= 0.6 is 11.3 Å². The number of aryl methyl sites for hydroxylation is 2. The third kappa shape index (κ3) is 4.20. The molecule has 1 unspecified atom stereocenters. The molecule has 31 heavy (non-hydrogen) atoms. The Hall–Kier alpha value is -2.42. The van der Waals surface area contributed by atoms with E-state index in [1.54, 1.807) is 11.3 Å². The minimum atomic E-state index is -0.0523. The van der Waals surface area contributed by atoms with Gasteiger partial charge in [0.1, 0.15) is 10.8 Å². The molecule has 3 aliphatic rings. The largest absolute Gasteiger partial charge is 0.355 e. The molecule has 5 rings (SSSR count). The smallest absolute Gasteiger partial charge is 0.254 e. The highest BCUT2D eigenvalue weighted by atomic mass is 32.1. The number of hydrogen-bond acceptors (Lipinski definition) is 6. The van der Waals surface area contributed by atoms with Crippen molar-refractivity contribution in [1.29, 1.82) is 0 Å². The molecule has 0 aromatic carbocycles. The molecule has 166 valence electrons. The number of amides is 2. The van der Waals surface area contributed by atoms with Gasteiger partial charge in [-0.05, 0) is 70.3 Å². The number of thiophene rings is 1. The van der Waals surface area contributed by atoms with Crippen LogP contribution in [0.1, 0.15) is 71.7 Å². The van der Waals surface area contributed by atoms with Gasteiger partial charge in [0.2, 0.25) is 11.9 Å². The monoisotopic (exact) mass is 442 g/mol. The molecule has 8 nitrogen and oxygen atoms in total. The maximum absolute atomic E-state index is 13.2. The summed E-state index contributed by atoms with van der Waals surface area (Å²) in [7, 11) is 0. The second-order valence-corrected chi connectivity index (χ2v) is 10.1. The molecule has 2 saturated carbocycles. The van der Waals surface area contributed by atoms with Gasteiger partial charge in [-0.1, -0.05) is 0 Å². The third-order valence-electron chi connectivity index (χ3n) is 6.46. The van der Waals surface area contributed by atoms with Crippen LogP contribution in [-0.2, 0) is 17.6 Å². The summed E-state index contributed by atoms with van der Waals surface area (Å²) in [6.07, 6.45) is 6.87. The fraction of sp³-hybridized carbons (Fsp3) is 0.636. The number of hydrogen-bond donors (Lipinski definition) is 3. The van der Waals surface area contributed by atoms with Crippen LogP contribution in [0.5, 0.6) is 0 Å². The van der Waals surface area contributed by atoms with E-state index in [1.807, 2.05) is 13.8 Å². The summed E-state index contributed by atoms with van der Waals surface area (Å²) in [5.74, 6) is 2.38. The zero-order valence-corrected chi connectivity index (χ0v) is 19.0. The van der Waals surface area contributed by atoms with Crippen molar-refractivity contribution in [1.82, 2.24) is 20.1 Å². The van der Waals surface area contributed by atoms with E-state index in [9.17, 15) is 9.59 Å². The number of nitrogens with zero attached hydrogens (tertiary/aromatic N) is 3. The van der Waals surface area contributed by atoms with Gasteiger partial charge in [-0.2, -0.15) is 0 Å². The average molecular weight is 443 g/mol. The Bertz CT molecular complexity index is 1000. The number of carbonyl (C=O) groups excluding carboxylic acids is 2. The van der Waals surface area contributed by atoms with Gasteiger partial charge in [0.25, 0.3) is 5.91 Å². The van der Waals surface area contributed by atoms with Crippen LogP contribution in [0, 0.1) is 18.8 Å². The summed E-state index contributed by atoms with van der Waals surface area (Å²) in [5.41, 5.74) is 1.76. The fourth-order valence-corrected chi connectivity index (χ4v) is 5.65. The fourth-order valence-electron chi connectivity index (χ4n) is 4.41. The SMILES string of the molecule is CCNc1nnc(C)n1C1CCc2sc(NC(=O)C3CC3)c(C(=O)NCC3CC3)c2C1. The maximum atomic E-state index is 13.2. The van der Waals surface area contributed by atoms with Gasteiger partial charge < -0.3 is 16.0 Å². The molecular formula is C22H30N6O2S. The normalized spacial score (nSPS) is 20.3. The van der Waals surface area contributed by atoms with Gasteiger partial charge in [-0.3, -0.25) is 14.2 Å². The topological polar surface area (TPSA) is 101 Å². The molecule has 9 heteroatoms. The van der Waals surface area contributed by atoms with E-state index in [2.05, 4.69) is 30.7 Å². The van der Waals surface area contributed by atoms with E-state index in [-0.39, 0.29) is 23.8 Å². The molecule has 2 aromatic heterocycles. The van der Waals surface area contributed by atoms with Crippen molar-refractivity contribution in [3.63, 3.8) is 0 Å². The summed E-state index contributed by atoms with van der Waals surface area (Å²) in [6.45, 7) is 5.52. The van der Waals surface area contributed by atoms with Gasteiger partial charge in [0.05, 0.1) is 5.56 Å². The number of carbonyl (C=O) groups is 2. The highest BCUT2D eigenvalue weighted by Gasteiger charge is 2.35. The lowest BCUT2D eigenvalue weighted by Crippen LogP contribution is -2.29. The number of aromatic nitrogens is 3. The second-order valence-electron chi connectivity index (χ2n) is 8.99. The molecule has 0 aliphatic heterocycles. The van der Waals surface area contributed by atoms with Crippen LogP contribution in [0.15, 0.2) is 0 Å². The molecule has 2 fully saturated rings. The van der Waals surface area contributed by atoms with Gasteiger partial charge in [-0.25, -0.2) is 0 Å². The predicted molar refractivity (Wildman–Crippen MR) is 121 cm³/mol. The van der Waals surface area contributed by atoms with Gasteiger partial charge in [-0.15, -0.1) is 21.5 Å². The van der Waals surface area contributed by atoms with Crippen molar-refractivity contribution in [2.75, 3.05) is 23.7 Å². The first-order chi connectivity index (χ1) is 15.0. The predicted octanol–water partition coefficient (Wildman–Crippen LogP) is 3.30. The molecule has 2 amide bonds. The Kier molecular flexibility index (Phi) is 5.45. The molecule has 3 N–H and O–H groups in total. The summed E-state index contributed by atoms with van der Waals surface area (Å²) >= 11 is 1.58. The van der Waals surface area contributed by atoms with Crippen molar-refractivity contribution in [3.05, 3.63) is 21.8 Å². The highest BCUT2D eigenvalue weighted by Crippen LogP contribution is 2.43. The summed E-state index contributed by atoms with van der Waals surface area (Å²) in [4.78, 5) is 26.9. The van der Waals surface area contributed by atoms with E-state index in [0.29, 0.717) is 11.5 Å². The minimum absolute atomic E-state index is 0.0514. The summed E-state index contributed by atoms with van der Waals surface area (Å²) in [6, 6.07) is 0.188. The van der Waals surface area contributed by atoms with E-state index in [1.165, 1.54) is 17.7 Å². The lowest BCUT2D eigenvalue weighted by atomic mass is 9.90. The maximum Gasteiger partial charge on any atom is 0.254 e. The van der Waals surface area contributed by atoms with Crippen molar-refractivity contribution in [2.24, 2.45) is 11.8 Å². The number of nitrogens with one attached hydrogen (secondary N) is 3. The Morgan fingerprint density at radius 2 is 1.97 bits per heavy atom. The van der Waals surface area contributed by atoms with Crippen LogP contribution in [-0.4, -0.2) is 39.7 Å². The number of anilines is 2. The standard InChI is InChI=1S/C22H30N6O2S/c1-3-23-22-27-26-12(2)28(22)15-8-9-17-16(10-15)18(20(30)24-11-13-4-5-13)21(31-17)25-19(29)14-6-7-14/h13-15H,3-11H2,1-2H3,(H,23,27)(H,24,30)(H,25,29). The van der Waals surface area contributed by atoms with Crippen LogP contribution in [0.3, 0.4) is 0 Å². The Labute approximate surface area is 186 Å². The first-order valence-electron chi connectivity index (χ1n) is 11.4. The molecule has 1 atom stereocenters. The van der Waals surface area contributed by atoms with E-state index in [4.69, 9.17) is 0 Å². The molecule has 0 saturated heterocycles. The number of rotatable bonds is 8. The molecule has 3 aliphatic carbocycles. The third-order valence-corrected chi connectivity index (χ3v) is 7.67. The quantitative estimate of drug-likeness (QED) is 0.582. The van der Waals surface area contributed by atoms with Crippen LogP contribution in [0.2, 0.25) is 0 Å². The minimum Gasteiger partial charge on any atom is -0.355 e. The van der Waals surface area contributed by atoms with E-state index >= 15 is 0 Å². The highest BCUT2D eigenvalue weighted by molar-refractivity contribution is 7.17. The molecule has 2 heterocycles. The number of fused-ring (bicyclic) bond motifs is 1. The first-order valence-corrected chi connectivity index (χ1v) is 12.3.